The van der Waals surface area contributed by atoms with Gasteiger partial charge in [-0.05, 0) is 64.3 Å². The number of nitrogens with zero attached hydrogens (tertiary/aromatic N) is 5. The quantitative estimate of drug-likeness (QED) is 0.121. The van der Waals surface area contributed by atoms with Gasteiger partial charge in [0, 0.05) is 43.5 Å². The summed E-state index contributed by atoms with van der Waals surface area (Å²) in [5.41, 5.74) is -2.07. The Bertz CT molecular complexity index is 1830. The van der Waals surface area contributed by atoms with Crippen LogP contribution in [0.25, 0.3) is 17.3 Å². The summed E-state index contributed by atoms with van der Waals surface area (Å²) in [4.78, 5) is 92.2. The first-order valence-electron chi connectivity index (χ1n) is 18.2. The van der Waals surface area contributed by atoms with Crippen molar-refractivity contribution in [3.8, 4) is 22.8 Å². The molecule has 0 fully saturated rings. The van der Waals surface area contributed by atoms with Crippen LogP contribution in [0.5, 0.6) is 11.5 Å². The van der Waals surface area contributed by atoms with Gasteiger partial charge in [0.1, 0.15) is 17.1 Å². The summed E-state index contributed by atoms with van der Waals surface area (Å²) in [6.45, 7) is 18.9. The van der Waals surface area contributed by atoms with Crippen LogP contribution in [0.4, 0.5) is 5.13 Å². The molecule has 54 heavy (non-hydrogen) atoms. The van der Waals surface area contributed by atoms with Crippen LogP contribution >= 0.6 is 11.3 Å². The topological polar surface area (TPSA) is 147 Å². The van der Waals surface area contributed by atoms with Crippen molar-refractivity contribution in [2.75, 3.05) is 32.2 Å². The van der Waals surface area contributed by atoms with Crippen molar-refractivity contribution >= 4 is 58.0 Å². The highest BCUT2D eigenvalue weighted by atomic mass is 32.1. The second kappa shape index (κ2) is 17.5. The number of amides is 6. The van der Waals surface area contributed by atoms with Crippen LogP contribution in [-0.4, -0.2) is 88.2 Å². The number of unbranched alkanes of at least 4 members (excludes halogenated alkanes) is 2. The molecule has 0 radical (unpaired) electrons. The minimum absolute atomic E-state index is 0.0322. The Kier molecular flexibility index (Phi) is 14.1. The van der Waals surface area contributed by atoms with Gasteiger partial charge in [-0.15, -0.1) is 0 Å². The number of methoxy groups -OCH3 is 2. The number of hydrogen-bond donors (Lipinski definition) is 0. The van der Waals surface area contributed by atoms with Gasteiger partial charge in [0.15, 0.2) is 5.13 Å². The Balaban J connectivity index is 2.55. The number of anilines is 1. The highest BCUT2D eigenvalue weighted by Gasteiger charge is 2.49. The smallest absolute Gasteiger partial charge is 0.286 e. The summed E-state index contributed by atoms with van der Waals surface area (Å²) >= 11 is 1.30. The minimum Gasteiger partial charge on any atom is -0.496 e. The fourth-order valence-corrected chi connectivity index (χ4v) is 7.11. The first-order valence-corrected chi connectivity index (χ1v) is 19.0. The third-order valence-electron chi connectivity index (χ3n) is 8.76. The molecule has 1 aliphatic heterocycles. The third-order valence-corrected chi connectivity index (χ3v) is 9.82. The zero-order valence-corrected chi connectivity index (χ0v) is 34.8. The SMILES string of the molecule is CCCCN(CCCC)c1nc(-c2c(OC)cccc2OC)c(/C=C2\C(=O)N(N(C(C)=O)C(=O)C(C)(C)C)C(=O)C(C(=O)N(C(C)=O)C(C)(C)C)=C2C)s1. The zero-order valence-electron chi connectivity index (χ0n) is 34.0. The lowest BCUT2D eigenvalue weighted by Gasteiger charge is -2.39. The Labute approximate surface area is 322 Å². The van der Waals surface area contributed by atoms with Crippen molar-refractivity contribution in [2.45, 2.75) is 107 Å². The van der Waals surface area contributed by atoms with Gasteiger partial charge < -0.3 is 14.4 Å². The molecule has 0 bridgehead atoms. The molecule has 13 nitrogen and oxygen atoms in total. The average molecular weight is 766 g/mol. The Morgan fingerprint density at radius 3 is 1.83 bits per heavy atom. The fourth-order valence-electron chi connectivity index (χ4n) is 6.04. The monoisotopic (exact) mass is 765 g/mol. The minimum atomic E-state index is -1.21. The molecular formula is C40H55N5O8S. The third kappa shape index (κ3) is 9.08. The van der Waals surface area contributed by atoms with Crippen LogP contribution in [0, 0.1) is 5.41 Å². The number of carbonyl (C=O) groups is 6. The van der Waals surface area contributed by atoms with E-state index >= 15 is 0 Å². The summed E-state index contributed by atoms with van der Waals surface area (Å²) in [7, 11) is 3.05. The first-order chi connectivity index (χ1) is 25.2. The van der Waals surface area contributed by atoms with Crippen molar-refractivity contribution in [2.24, 2.45) is 5.41 Å². The van der Waals surface area contributed by atoms with Gasteiger partial charge in [0.05, 0.1) is 30.4 Å². The van der Waals surface area contributed by atoms with Crippen LogP contribution in [0.3, 0.4) is 0 Å². The van der Waals surface area contributed by atoms with Crippen LogP contribution < -0.4 is 14.4 Å². The van der Waals surface area contributed by atoms with Gasteiger partial charge in [0.2, 0.25) is 11.8 Å². The van der Waals surface area contributed by atoms with E-state index in [2.05, 4.69) is 18.7 Å². The van der Waals surface area contributed by atoms with Gasteiger partial charge in [-0.1, -0.05) is 64.9 Å². The number of rotatable bonds is 13. The molecule has 0 unspecified atom stereocenters. The standard InChI is InChI=1S/C40H55N5O8S/c1-14-16-21-42(22-17-15-2)38-41-33(32-28(52-12)19-18-20-29(32)53-13)30(54-38)23-27-24(3)31(35(49)43(25(4)46)40(9,10)11)36(50)45(34(27)48)44(26(5)47)37(51)39(6,7)8/h18-20,23H,14-17,21-22H2,1-13H3/b27-23-. The number of hydrazine groups is 1. The molecule has 3 rings (SSSR count). The number of carbonyl (C=O) groups excluding carboxylic acids is 6. The van der Waals surface area contributed by atoms with Crippen LogP contribution in [0.2, 0.25) is 0 Å². The van der Waals surface area contributed by atoms with Gasteiger partial charge in [-0.25, -0.2) is 4.98 Å². The lowest BCUT2D eigenvalue weighted by molar-refractivity contribution is -0.180. The van der Waals surface area contributed by atoms with E-state index in [0.29, 0.717) is 42.8 Å². The predicted molar refractivity (Wildman–Crippen MR) is 209 cm³/mol. The van der Waals surface area contributed by atoms with Crippen LogP contribution in [0.15, 0.2) is 34.9 Å². The maximum atomic E-state index is 14.7. The van der Waals surface area contributed by atoms with Crippen LogP contribution in [0.1, 0.15) is 107 Å². The molecule has 0 atom stereocenters. The van der Waals surface area contributed by atoms with Crippen molar-refractivity contribution in [1.82, 2.24) is 19.9 Å². The lowest BCUT2D eigenvalue weighted by atomic mass is 9.91. The van der Waals surface area contributed by atoms with Gasteiger partial charge in [-0.3, -0.25) is 33.7 Å². The van der Waals surface area contributed by atoms with E-state index in [4.69, 9.17) is 14.5 Å². The maximum Gasteiger partial charge on any atom is 0.286 e. The van der Waals surface area contributed by atoms with E-state index in [9.17, 15) is 28.8 Å². The number of imide groups is 3. The summed E-state index contributed by atoms with van der Waals surface area (Å²) in [6, 6.07) is 5.30. The first kappa shape index (κ1) is 43.6. The summed E-state index contributed by atoms with van der Waals surface area (Å²) in [6.07, 6.45) is 5.27. The van der Waals surface area contributed by atoms with E-state index in [-0.39, 0.29) is 11.1 Å². The molecule has 294 valence electrons. The molecule has 0 N–H and O–H groups in total. The molecule has 0 aliphatic carbocycles. The number of ether oxygens (including phenoxy) is 2. The number of thiazole rings is 1. The molecule has 2 heterocycles. The van der Waals surface area contributed by atoms with Gasteiger partial charge >= 0.3 is 0 Å². The lowest BCUT2D eigenvalue weighted by Crippen LogP contribution is -2.61. The number of hydrogen-bond acceptors (Lipinski definition) is 11. The zero-order chi connectivity index (χ0) is 40.9. The molecular weight excluding hydrogens is 711 g/mol. The maximum absolute atomic E-state index is 14.7. The second-order valence-electron chi connectivity index (χ2n) is 15.1. The summed E-state index contributed by atoms with van der Waals surface area (Å²) in [5.74, 6) is -4.67. The highest BCUT2D eigenvalue weighted by molar-refractivity contribution is 7.17. The van der Waals surface area contributed by atoms with Gasteiger partial charge in [0.25, 0.3) is 23.6 Å². The number of benzene rings is 1. The average Bonchev–Trinajstić information content (AvgIpc) is 3.49. The Morgan fingerprint density at radius 1 is 0.870 bits per heavy atom. The Hall–Kier alpha value is -4.85. The second-order valence-corrected chi connectivity index (χ2v) is 16.1. The van der Waals surface area contributed by atoms with Crippen LogP contribution in [-0.2, 0) is 28.8 Å². The van der Waals surface area contributed by atoms with Crippen molar-refractivity contribution in [3.63, 3.8) is 0 Å². The van der Waals surface area contributed by atoms with E-state index in [0.717, 1.165) is 50.6 Å². The fraction of sp³-hybridized carbons (Fsp3) is 0.525. The van der Waals surface area contributed by atoms with Crippen molar-refractivity contribution in [3.05, 3.63) is 39.8 Å². The molecule has 2 aromatic rings. The van der Waals surface area contributed by atoms with Gasteiger partial charge in [-0.2, -0.15) is 10.0 Å². The normalized spacial score (nSPS) is 14.4. The van der Waals surface area contributed by atoms with E-state index in [1.54, 1.807) is 59.7 Å². The molecule has 0 saturated heterocycles. The number of aromatic nitrogens is 1. The van der Waals surface area contributed by atoms with E-state index in [1.807, 2.05) is 0 Å². The van der Waals surface area contributed by atoms with Crippen molar-refractivity contribution < 1.29 is 38.2 Å². The molecule has 14 heteroatoms. The predicted octanol–water partition coefficient (Wildman–Crippen LogP) is 6.81. The van der Waals surface area contributed by atoms with E-state index < -0.39 is 52.0 Å². The van der Waals surface area contributed by atoms with Crippen molar-refractivity contribution in [1.29, 1.82) is 0 Å². The molecule has 0 spiro atoms. The highest BCUT2D eigenvalue weighted by Crippen LogP contribution is 2.45. The molecule has 6 amide bonds. The van der Waals surface area contributed by atoms with E-state index in [1.165, 1.54) is 45.5 Å². The molecule has 1 aromatic heterocycles. The molecule has 0 saturated carbocycles. The molecule has 1 aliphatic rings. The summed E-state index contributed by atoms with van der Waals surface area (Å²) < 4.78 is 11.5. The Morgan fingerprint density at radius 2 is 1.41 bits per heavy atom. The largest absolute Gasteiger partial charge is 0.496 e. The molecule has 1 aromatic carbocycles. The summed E-state index contributed by atoms with van der Waals surface area (Å²) in [5, 5.41) is 1.57.